The molecule has 23 heavy (non-hydrogen) atoms. The number of hydrogen-bond donors (Lipinski definition) is 0. The van der Waals surface area contributed by atoms with Gasteiger partial charge >= 0.3 is 0 Å². The molecule has 0 saturated carbocycles. The molecular formula is C21H33NO. The summed E-state index contributed by atoms with van der Waals surface area (Å²) in [7, 11) is 0. The smallest absolute Gasteiger partial charge is 0.115 e. The Morgan fingerprint density at radius 2 is 1.74 bits per heavy atom. The van der Waals surface area contributed by atoms with Crippen LogP contribution in [0.2, 0.25) is 0 Å². The van der Waals surface area contributed by atoms with Crippen LogP contribution in [0.3, 0.4) is 0 Å². The van der Waals surface area contributed by atoms with E-state index < -0.39 is 0 Å². The molecule has 2 heteroatoms. The lowest BCUT2D eigenvalue weighted by Gasteiger charge is -2.34. The average Bonchev–Trinajstić information content (AvgIpc) is 3.11. The maximum Gasteiger partial charge on any atom is 0.115 e. The molecule has 2 heterocycles. The second kappa shape index (κ2) is 6.98. The van der Waals surface area contributed by atoms with Crippen LogP contribution in [-0.2, 0) is 11.0 Å². The van der Waals surface area contributed by atoms with Crippen LogP contribution in [0.1, 0.15) is 83.9 Å². The van der Waals surface area contributed by atoms with Gasteiger partial charge in [-0.05, 0) is 65.3 Å². The summed E-state index contributed by atoms with van der Waals surface area (Å²) in [4.78, 5) is 0. The van der Waals surface area contributed by atoms with Crippen LogP contribution in [0.15, 0.2) is 34.9 Å². The normalized spacial score (nSPS) is 14.9. The molecule has 2 nitrogen and oxygen atoms in total. The Morgan fingerprint density at radius 3 is 2.30 bits per heavy atom. The van der Waals surface area contributed by atoms with E-state index in [0.29, 0.717) is 0 Å². The first-order valence-electron chi connectivity index (χ1n) is 9.04. The van der Waals surface area contributed by atoms with Gasteiger partial charge in [0.15, 0.2) is 0 Å². The first-order valence-corrected chi connectivity index (χ1v) is 9.04. The molecule has 0 bridgehead atoms. The molecule has 0 saturated heterocycles. The van der Waals surface area contributed by atoms with Crippen LogP contribution in [0.5, 0.6) is 0 Å². The third kappa shape index (κ3) is 3.91. The quantitative estimate of drug-likeness (QED) is 0.539. The van der Waals surface area contributed by atoms with Crippen molar-refractivity contribution in [2.24, 2.45) is 0 Å². The van der Waals surface area contributed by atoms with Gasteiger partial charge in [0.2, 0.25) is 0 Å². The molecule has 0 aliphatic heterocycles. The molecule has 0 radical (unpaired) electrons. The Balaban J connectivity index is 2.40. The van der Waals surface area contributed by atoms with E-state index in [0.717, 1.165) is 17.9 Å². The fourth-order valence-corrected chi connectivity index (χ4v) is 3.43. The summed E-state index contributed by atoms with van der Waals surface area (Å²) in [6.07, 6.45) is 8.44. The predicted molar refractivity (Wildman–Crippen MR) is 98.1 cm³/mol. The van der Waals surface area contributed by atoms with E-state index in [-0.39, 0.29) is 11.0 Å². The zero-order chi connectivity index (χ0) is 17.1. The number of hydrogen-bond acceptors (Lipinski definition) is 1. The second-order valence-corrected chi connectivity index (χ2v) is 7.99. The van der Waals surface area contributed by atoms with E-state index in [4.69, 9.17) is 4.42 Å². The topological polar surface area (TPSA) is 18.1 Å². The Morgan fingerprint density at radius 1 is 1.00 bits per heavy atom. The molecule has 128 valence electrons. The fraction of sp³-hybridized carbons (Fsp3) is 0.619. The summed E-state index contributed by atoms with van der Waals surface area (Å²) in [5, 5.41) is 0. The molecular weight excluding hydrogens is 282 g/mol. The minimum absolute atomic E-state index is 0.0707. The van der Waals surface area contributed by atoms with E-state index in [1.807, 2.05) is 6.92 Å². The first kappa shape index (κ1) is 17.9. The molecule has 0 aliphatic rings. The van der Waals surface area contributed by atoms with Crippen LogP contribution in [0.4, 0.5) is 0 Å². The maximum absolute atomic E-state index is 6.08. The fourth-order valence-electron chi connectivity index (χ4n) is 3.43. The Kier molecular flexibility index (Phi) is 5.44. The van der Waals surface area contributed by atoms with Crippen molar-refractivity contribution >= 4 is 0 Å². The SMILES string of the molecule is CCCCCCC(C)(c1ccc(C)o1)c1cccn1C(C)(C)C. The number of furan rings is 1. The molecule has 1 atom stereocenters. The van der Waals surface area contributed by atoms with Gasteiger partial charge in [-0.3, -0.25) is 0 Å². The average molecular weight is 316 g/mol. The summed E-state index contributed by atoms with van der Waals surface area (Å²) < 4.78 is 8.49. The molecule has 2 aromatic heterocycles. The molecule has 0 spiro atoms. The third-order valence-electron chi connectivity index (χ3n) is 4.85. The van der Waals surface area contributed by atoms with E-state index in [9.17, 15) is 0 Å². The van der Waals surface area contributed by atoms with Gasteiger partial charge in [-0.25, -0.2) is 0 Å². The predicted octanol–water partition coefficient (Wildman–Crippen LogP) is 6.42. The summed E-state index contributed by atoms with van der Waals surface area (Å²) in [5.74, 6) is 2.09. The van der Waals surface area contributed by atoms with Crippen molar-refractivity contribution in [2.45, 2.75) is 84.6 Å². The molecule has 0 aromatic carbocycles. The standard InChI is InChI=1S/C21H33NO/c1-7-8-9-10-15-21(6,19-14-13-17(2)23-19)18-12-11-16-22(18)20(3,4)5/h11-14,16H,7-10,15H2,1-6H3. The molecule has 0 amide bonds. The van der Waals surface area contributed by atoms with Crippen molar-refractivity contribution in [3.05, 3.63) is 47.7 Å². The molecule has 0 fully saturated rings. The van der Waals surface area contributed by atoms with Crippen molar-refractivity contribution in [1.82, 2.24) is 4.57 Å². The summed E-state index contributed by atoms with van der Waals surface area (Å²) in [5.41, 5.74) is 1.36. The van der Waals surface area contributed by atoms with Crippen LogP contribution >= 0.6 is 0 Å². The third-order valence-corrected chi connectivity index (χ3v) is 4.85. The van der Waals surface area contributed by atoms with Crippen molar-refractivity contribution in [3.63, 3.8) is 0 Å². The van der Waals surface area contributed by atoms with Crippen molar-refractivity contribution in [2.75, 3.05) is 0 Å². The zero-order valence-corrected chi connectivity index (χ0v) is 15.8. The van der Waals surface area contributed by atoms with Gasteiger partial charge in [-0.15, -0.1) is 0 Å². The van der Waals surface area contributed by atoms with E-state index >= 15 is 0 Å². The number of aromatic nitrogens is 1. The van der Waals surface area contributed by atoms with Crippen molar-refractivity contribution in [1.29, 1.82) is 0 Å². The maximum atomic E-state index is 6.08. The largest absolute Gasteiger partial charge is 0.465 e. The van der Waals surface area contributed by atoms with E-state index in [1.54, 1.807) is 0 Å². The Hall–Kier alpha value is -1.44. The van der Waals surface area contributed by atoms with Crippen LogP contribution in [0.25, 0.3) is 0 Å². The lowest BCUT2D eigenvalue weighted by atomic mass is 9.78. The molecule has 0 aliphatic carbocycles. The first-order chi connectivity index (χ1) is 10.8. The van der Waals surface area contributed by atoms with Crippen LogP contribution in [-0.4, -0.2) is 4.57 Å². The van der Waals surface area contributed by atoms with Gasteiger partial charge in [0.05, 0.1) is 5.41 Å². The lowest BCUT2D eigenvalue weighted by molar-refractivity contribution is 0.314. The monoisotopic (exact) mass is 315 g/mol. The second-order valence-electron chi connectivity index (χ2n) is 7.99. The highest BCUT2D eigenvalue weighted by Crippen LogP contribution is 2.40. The molecule has 2 aromatic rings. The van der Waals surface area contributed by atoms with Gasteiger partial charge in [-0.1, -0.05) is 32.6 Å². The van der Waals surface area contributed by atoms with Gasteiger partial charge < -0.3 is 8.98 Å². The van der Waals surface area contributed by atoms with Gasteiger partial charge in [0, 0.05) is 17.4 Å². The number of aryl methyl sites for hydroxylation is 1. The van der Waals surface area contributed by atoms with Crippen LogP contribution in [0, 0.1) is 6.92 Å². The highest BCUT2D eigenvalue weighted by molar-refractivity contribution is 5.31. The van der Waals surface area contributed by atoms with E-state index in [1.165, 1.54) is 31.4 Å². The van der Waals surface area contributed by atoms with Gasteiger partial charge in [0.25, 0.3) is 0 Å². The molecule has 0 N–H and O–H groups in total. The Bertz CT molecular complexity index is 614. The van der Waals surface area contributed by atoms with Gasteiger partial charge in [0.1, 0.15) is 11.5 Å². The highest BCUT2D eigenvalue weighted by atomic mass is 16.3. The number of nitrogens with zero attached hydrogens (tertiary/aromatic N) is 1. The minimum Gasteiger partial charge on any atom is -0.465 e. The Labute approximate surface area is 141 Å². The summed E-state index contributed by atoms with van der Waals surface area (Å²) in [6, 6.07) is 8.68. The van der Waals surface area contributed by atoms with Crippen molar-refractivity contribution < 1.29 is 4.42 Å². The zero-order valence-electron chi connectivity index (χ0n) is 15.8. The summed E-state index contributed by atoms with van der Waals surface area (Å²) in [6.45, 7) is 13.4. The molecule has 2 rings (SSSR count). The molecule has 1 unspecified atom stereocenters. The number of rotatable bonds is 7. The minimum atomic E-state index is -0.0707. The number of unbranched alkanes of at least 4 members (excludes halogenated alkanes) is 3. The summed E-state index contributed by atoms with van der Waals surface area (Å²) >= 11 is 0. The van der Waals surface area contributed by atoms with Crippen molar-refractivity contribution in [3.8, 4) is 0 Å². The van der Waals surface area contributed by atoms with Gasteiger partial charge in [-0.2, -0.15) is 0 Å². The lowest BCUT2D eigenvalue weighted by Crippen LogP contribution is -2.32. The van der Waals surface area contributed by atoms with Crippen LogP contribution < -0.4 is 0 Å². The highest BCUT2D eigenvalue weighted by Gasteiger charge is 2.36. The van der Waals surface area contributed by atoms with E-state index in [2.05, 4.69) is 69.6 Å².